The Morgan fingerprint density at radius 3 is 2.65 bits per heavy atom. The van der Waals surface area contributed by atoms with E-state index in [0.717, 1.165) is 12.1 Å². The van der Waals surface area contributed by atoms with Crippen LogP contribution in [0.25, 0.3) is 0 Å². The average Bonchev–Trinajstić information content (AvgIpc) is 2.48. The normalized spacial score (nSPS) is 19.2. The summed E-state index contributed by atoms with van der Waals surface area (Å²) >= 11 is 0. The van der Waals surface area contributed by atoms with Gasteiger partial charge in [-0.05, 0) is 36.5 Å². The number of carbonyl (C=O) groups excluding carboxylic acids is 3. The van der Waals surface area contributed by atoms with Crippen LogP contribution in [0.2, 0.25) is 0 Å². The summed E-state index contributed by atoms with van der Waals surface area (Å²) in [5.41, 5.74) is 5.61. The van der Waals surface area contributed by atoms with Crippen molar-refractivity contribution < 1.29 is 23.2 Å². The van der Waals surface area contributed by atoms with Gasteiger partial charge in [0, 0.05) is 12.8 Å². The van der Waals surface area contributed by atoms with Crippen molar-refractivity contribution in [2.24, 2.45) is 11.7 Å². The third kappa shape index (κ3) is 4.58. The quantitative estimate of drug-likeness (QED) is 0.854. The minimum atomic E-state index is -1.04. The highest BCUT2D eigenvalue weighted by Crippen LogP contribution is 2.24. The van der Waals surface area contributed by atoms with Gasteiger partial charge < -0.3 is 11.1 Å². The van der Waals surface area contributed by atoms with Gasteiger partial charge in [-0.3, -0.25) is 14.4 Å². The van der Waals surface area contributed by atoms with Gasteiger partial charge in [0.2, 0.25) is 11.8 Å². The highest BCUT2D eigenvalue weighted by atomic mass is 19.2. The fraction of sp³-hybridized carbons (Fsp3) is 0.438. The first kappa shape index (κ1) is 17.1. The molecule has 0 spiro atoms. The van der Waals surface area contributed by atoms with Gasteiger partial charge >= 0.3 is 0 Å². The fourth-order valence-electron chi connectivity index (χ4n) is 2.82. The maximum Gasteiger partial charge on any atom is 0.240 e. The van der Waals surface area contributed by atoms with Crippen molar-refractivity contribution in [2.45, 2.75) is 38.1 Å². The number of ketones is 1. The topological polar surface area (TPSA) is 89.3 Å². The van der Waals surface area contributed by atoms with Crippen molar-refractivity contribution >= 4 is 17.6 Å². The lowest BCUT2D eigenvalue weighted by molar-refractivity contribution is -0.130. The van der Waals surface area contributed by atoms with E-state index in [1.54, 1.807) is 0 Å². The summed E-state index contributed by atoms with van der Waals surface area (Å²) in [5.74, 6) is -3.55. The van der Waals surface area contributed by atoms with E-state index in [1.165, 1.54) is 6.07 Å². The van der Waals surface area contributed by atoms with Crippen LogP contribution in [-0.2, 0) is 20.8 Å². The molecule has 0 unspecified atom stereocenters. The lowest BCUT2D eigenvalue weighted by atomic mass is 9.83. The standard InChI is InChI=1S/C16H18F2N2O3/c17-12-5-4-9(6-13(12)18)7-14(22)20-15(16(19)23)10-2-1-3-11(21)8-10/h4-6,10,15H,1-3,7-8H2,(H2,19,23)(H,20,22)/t10-,15-/m1/s1. The Bertz CT molecular complexity index is 634. The molecule has 0 radical (unpaired) electrons. The van der Waals surface area contributed by atoms with Gasteiger partial charge in [0.25, 0.3) is 0 Å². The second-order valence-corrected chi connectivity index (χ2v) is 5.77. The number of primary amides is 1. The number of rotatable bonds is 5. The summed E-state index contributed by atoms with van der Waals surface area (Å²) in [6, 6.07) is 2.22. The maximum absolute atomic E-state index is 13.1. The fourth-order valence-corrected chi connectivity index (χ4v) is 2.82. The van der Waals surface area contributed by atoms with E-state index in [0.29, 0.717) is 19.3 Å². The number of hydrogen-bond donors (Lipinski definition) is 2. The number of nitrogens with one attached hydrogen (secondary N) is 1. The Balaban J connectivity index is 2.01. The number of benzene rings is 1. The van der Waals surface area contributed by atoms with E-state index in [2.05, 4.69) is 5.32 Å². The zero-order valence-electron chi connectivity index (χ0n) is 12.5. The number of amides is 2. The average molecular weight is 324 g/mol. The molecule has 1 aromatic rings. The molecule has 1 aliphatic rings. The molecule has 3 N–H and O–H groups in total. The summed E-state index contributed by atoms with van der Waals surface area (Å²) in [5, 5.41) is 2.51. The molecule has 0 heterocycles. The molecule has 0 aromatic heterocycles. The molecule has 2 atom stereocenters. The van der Waals surface area contributed by atoms with E-state index < -0.39 is 29.5 Å². The van der Waals surface area contributed by atoms with Gasteiger partial charge in [-0.2, -0.15) is 0 Å². The Hall–Kier alpha value is -2.31. The molecule has 1 aromatic carbocycles. The highest BCUT2D eigenvalue weighted by Gasteiger charge is 2.32. The lowest BCUT2D eigenvalue weighted by Gasteiger charge is -2.28. The Morgan fingerprint density at radius 1 is 1.30 bits per heavy atom. The molecule has 1 fully saturated rings. The third-order valence-corrected chi connectivity index (χ3v) is 3.96. The summed E-state index contributed by atoms with van der Waals surface area (Å²) in [4.78, 5) is 35.1. The number of hydrogen-bond acceptors (Lipinski definition) is 3. The minimum absolute atomic E-state index is 0.0438. The van der Waals surface area contributed by atoms with Crippen LogP contribution < -0.4 is 11.1 Å². The summed E-state index contributed by atoms with van der Waals surface area (Å²) in [7, 11) is 0. The molecular weight excluding hydrogens is 306 g/mol. The Labute approximate surface area is 132 Å². The molecule has 124 valence electrons. The van der Waals surface area contributed by atoms with Crippen LogP contribution in [0.15, 0.2) is 18.2 Å². The number of Topliss-reactive ketones (excluding diaryl/α,β-unsaturated/α-hetero) is 1. The molecule has 0 bridgehead atoms. The molecule has 1 saturated carbocycles. The Kier molecular flexibility index (Phi) is 5.41. The summed E-state index contributed by atoms with van der Waals surface area (Å²) in [6.07, 6.45) is 1.77. The van der Waals surface area contributed by atoms with Crippen LogP contribution in [0, 0.1) is 17.6 Å². The Morgan fingerprint density at radius 2 is 2.04 bits per heavy atom. The zero-order chi connectivity index (χ0) is 17.0. The molecule has 2 rings (SSSR count). The molecule has 7 heteroatoms. The molecule has 1 aliphatic carbocycles. The monoisotopic (exact) mass is 324 g/mol. The SMILES string of the molecule is NC(=O)[C@H](NC(=O)Cc1ccc(F)c(F)c1)[C@@H]1CCCC(=O)C1. The van der Waals surface area contributed by atoms with Gasteiger partial charge in [0.1, 0.15) is 11.8 Å². The van der Waals surface area contributed by atoms with Crippen molar-refractivity contribution in [1.82, 2.24) is 5.32 Å². The first-order chi connectivity index (χ1) is 10.9. The van der Waals surface area contributed by atoms with Gasteiger partial charge in [-0.15, -0.1) is 0 Å². The molecule has 0 saturated heterocycles. The summed E-state index contributed by atoms with van der Waals surface area (Å²) < 4.78 is 26.0. The van der Waals surface area contributed by atoms with Crippen LogP contribution in [0.3, 0.4) is 0 Å². The molecule has 0 aliphatic heterocycles. The largest absolute Gasteiger partial charge is 0.368 e. The molecule has 2 amide bonds. The predicted octanol–water partition coefficient (Wildman–Crippen LogP) is 1.24. The first-order valence-electron chi connectivity index (χ1n) is 7.41. The highest BCUT2D eigenvalue weighted by molar-refractivity contribution is 5.89. The van der Waals surface area contributed by atoms with Crippen molar-refractivity contribution in [3.8, 4) is 0 Å². The third-order valence-electron chi connectivity index (χ3n) is 3.96. The smallest absolute Gasteiger partial charge is 0.240 e. The van der Waals surface area contributed by atoms with Gasteiger partial charge in [-0.25, -0.2) is 8.78 Å². The van der Waals surface area contributed by atoms with E-state index in [9.17, 15) is 23.2 Å². The predicted molar refractivity (Wildman–Crippen MR) is 78.2 cm³/mol. The molecular formula is C16H18F2N2O3. The first-order valence-corrected chi connectivity index (χ1v) is 7.41. The van der Waals surface area contributed by atoms with Crippen LogP contribution in [0.5, 0.6) is 0 Å². The molecule has 5 nitrogen and oxygen atoms in total. The van der Waals surface area contributed by atoms with Crippen LogP contribution >= 0.6 is 0 Å². The van der Waals surface area contributed by atoms with Crippen LogP contribution in [0.4, 0.5) is 8.78 Å². The number of halogens is 2. The number of carbonyl (C=O) groups is 3. The van der Waals surface area contributed by atoms with Crippen molar-refractivity contribution in [1.29, 1.82) is 0 Å². The number of nitrogens with two attached hydrogens (primary N) is 1. The van der Waals surface area contributed by atoms with Crippen molar-refractivity contribution in [3.05, 3.63) is 35.4 Å². The second kappa shape index (κ2) is 7.30. The van der Waals surface area contributed by atoms with E-state index in [-0.39, 0.29) is 30.1 Å². The van der Waals surface area contributed by atoms with Crippen LogP contribution in [-0.4, -0.2) is 23.6 Å². The van der Waals surface area contributed by atoms with E-state index in [1.807, 2.05) is 0 Å². The minimum Gasteiger partial charge on any atom is -0.368 e. The van der Waals surface area contributed by atoms with Gasteiger partial charge in [0.05, 0.1) is 6.42 Å². The van der Waals surface area contributed by atoms with E-state index >= 15 is 0 Å². The lowest BCUT2D eigenvalue weighted by Crippen LogP contribution is -2.50. The van der Waals surface area contributed by atoms with Gasteiger partial charge in [0.15, 0.2) is 11.6 Å². The maximum atomic E-state index is 13.1. The van der Waals surface area contributed by atoms with Crippen LogP contribution in [0.1, 0.15) is 31.2 Å². The van der Waals surface area contributed by atoms with Crippen molar-refractivity contribution in [2.75, 3.05) is 0 Å². The second-order valence-electron chi connectivity index (χ2n) is 5.77. The van der Waals surface area contributed by atoms with E-state index in [4.69, 9.17) is 5.73 Å². The summed E-state index contributed by atoms with van der Waals surface area (Å²) in [6.45, 7) is 0. The van der Waals surface area contributed by atoms with Gasteiger partial charge in [-0.1, -0.05) is 6.07 Å². The zero-order valence-corrected chi connectivity index (χ0v) is 12.5. The van der Waals surface area contributed by atoms with Crippen molar-refractivity contribution in [3.63, 3.8) is 0 Å². The molecule has 23 heavy (non-hydrogen) atoms.